The van der Waals surface area contributed by atoms with Gasteiger partial charge in [-0.1, -0.05) is 48.4 Å². The molecule has 0 amide bonds. The molecule has 2 aromatic rings. The molecule has 0 bridgehead atoms. The van der Waals surface area contributed by atoms with E-state index in [0.29, 0.717) is 17.9 Å². The van der Waals surface area contributed by atoms with Gasteiger partial charge in [0.15, 0.2) is 0 Å². The van der Waals surface area contributed by atoms with Crippen molar-refractivity contribution in [2.24, 2.45) is 5.41 Å². The van der Waals surface area contributed by atoms with Gasteiger partial charge in [0.2, 0.25) is 0 Å². The third-order valence-electron chi connectivity index (χ3n) is 4.85. The van der Waals surface area contributed by atoms with E-state index in [0.717, 1.165) is 5.56 Å². The van der Waals surface area contributed by atoms with Gasteiger partial charge in [0, 0.05) is 0 Å². The topological polar surface area (TPSA) is 88.1 Å². The minimum absolute atomic E-state index is 0.0665. The first-order valence-corrected chi connectivity index (χ1v) is 10.7. The zero-order valence-electron chi connectivity index (χ0n) is 19.0. The van der Waals surface area contributed by atoms with E-state index in [9.17, 15) is 14.4 Å². The maximum atomic E-state index is 13.1. The lowest BCUT2D eigenvalue weighted by Crippen LogP contribution is -2.53. The number of carbonyl (C=O) groups excluding carboxylic acids is 3. The molecule has 0 aliphatic heterocycles. The molecular weight excluding hydrogens is 424 g/mol. The van der Waals surface area contributed by atoms with Crippen molar-refractivity contribution in [2.45, 2.75) is 33.3 Å². The van der Waals surface area contributed by atoms with Crippen molar-refractivity contribution in [1.29, 1.82) is 0 Å². The average molecular weight is 453 g/mol. The Balaban J connectivity index is 2.45. The Hall–Kier alpha value is -3.79. The van der Waals surface area contributed by atoms with Gasteiger partial charge < -0.3 is 18.9 Å². The van der Waals surface area contributed by atoms with Crippen molar-refractivity contribution in [1.82, 2.24) is 0 Å². The third kappa shape index (κ3) is 5.72. The number of terminal acetylenes is 1. The second-order valence-electron chi connectivity index (χ2n) is 6.91. The van der Waals surface area contributed by atoms with Crippen molar-refractivity contribution in [3.8, 4) is 18.1 Å². The van der Waals surface area contributed by atoms with Crippen molar-refractivity contribution < 1.29 is 33.3 Å². The molecule has 174 valence electrons. The largest absolute Gasteiger partial charge is 0.489 e. The average Bonchev–Trinajstić information content (AvgIpc) is 2.82. The molecule has 2 rings (SSSR count). The zero-order chi connectivity index (χ0) is 24.3. The van der Waals surface area contributed by atoms with Crippen molar-refractivity contribution in [3.05, 3.63) is 65.7 Å². The maximum Gasteiger partial charge on any atom is 0.336 e. The van der Waals surface area contributed by atoms with E-state index in [1.807, 2.05) is 30.3 Å². The normalized spacial score (nSPS) is 11.6. The summed E-state index contributed by atoms with van der Waals surface area (Å²) in [5.74, 6) is -1.71. The summed E-state index contributed by atoms with van der Waals surface area (Å²) in [5.41, 5.74) is -1.14. The summed E-state index contributed by atoms with van der Waals surface area (Å²) in [6, 6.07) is 16.1. The van der Waals surface area contributed by atoms with Gasteiger partial charge in [0.1, 0.15) is 12.4 Å². The molecule has 0 N–H and O–H groups in total. The van der Waals surface area contributed by atoms with E-state index >= 15 is 0 Å². The van der Waals surface area contributed by atoms with Gasteiger partial charge in [-0.3, -0.25) is 14.4 Å². The van der Waals surface area contributed by atoms with Gasteiger partial charge in [-0.2, -0.15) is 0 Å². The van der Waals surface area contributed by atoms with Gasteiger partial charge >= 0.3 is 17.9 Å². The van der Waals surface area contributed by atoms with Gasteiger partial charge in [-0.15, -0.1) is 6.42 Å². The van der Waals surface area contributed by atoms with Crippen LogP contribution in [0.3, 0.4) is 0 Å². The summed E-state index contributed by atoms with van der Waals surface area (Å²) in [7, 11) is 0. The predicted octanol–water partition coefficient (Wildman–Crippen LogP) is 3.66. The van der Waals surface area contributed by atoms with Crippen LogP contribution < -0.4 is 4.74 Å². The lowest BCUT2D eigenvalue weighted by Gasteiger charge is -2.31. The highest BCUT2D eigenvalue weighted by Gasteiger charge is 2.63. The molecule has 0 unspecified atom stereocenters. The monoisotopic (exact) mass is 452 g/mol. The third-order valence-corrected chi connectivity index (χ3v) is 4.85. The van der Waals surface area contributed by atoms with Crippen LogP contribution in [0.2, 0.25) is 0 Å². The lowest BCUT2D eigenvalue weighted by atomic mass is 9.72. The second-order valence-corrected chi connectivity index (χ2v) is 6.91. The van der Waals surface area contributed by atoms with Gasteiger partial charge in [0.05, 0.1) is 25.7 Å². The van der Waals surface area contributed by atoms with Crippen LogP contribution in [0, 0.1) is 17.8 Å². The molecule has 33 heavy (non-hydrogen) atoms. The molecule has 0 aromatic heterocycles. The van der Waals surface area contributed by atoms with E-state index in [2.05, 4.69) is 5.92 Å². The van der Waals surface area contributed by atoms with Crippen molar-refractivity contribution >= 4 is 17.9 Å². The molecule has 2 aromatic carbocycles. The number of rotatable bonds is 11. The number of hydrogen-bond donors (Lipinski definition) is 0. The predicted molar refractivity (Wildman–Crippen MR) is 121 cm³/mol. The van der Waals surface area contributed by atoms with Crippen molar-refractivity contribution in [2.75, 3.05) is 19.8 Å². The fraction of sp³-hybridized carbons (Fsp3) is 0.346. The van der Waals surface area contributed by atoms with Crippen LogP contribution in [0.25, 0.3) is 0 Å². The number of carbonyl (C=O) groups is 3. The summed E-state index contributed by atoms with van der Waals surface area (Å²) < 4.78 is 21.1. The van der Waals surface area contributed by atoms with Crippen LogP contribution in [0.4, 0.5) is 0 Å². The Bertz CT molecular complexity index is 928. The van der Waals surface area contributed by atoms with Crippen LogP contribution in [-0.4, -0.2) is 37.7 Å². The molecule has 0 spiro atoms. The van der Waals surface area contributed by atoms with E-state index in [-0.39, 0.29) is 19.8 Å². The van der Waals surface area contributed by atoms with E-state index < -0.39 is 29.2 Å². The summed E-state index contributed by atoms with van der Waals surface area (Å²) in [6.07, 6.45) is 5.76. The van der Waals surface area contributed by atoms with Crippen LogP contribution in [0.5, 0.6) is 5.75 Å². The molecule has 7 nitrogen and oxygen atoms in total. The quantitative estimate of drug-likeness (QED) is 0.223. The Labute approximate surface area is 194 Å². The van der Waals surface area contributed by atoms with E-state index in [4.69, 9.17) is 25.4 Å². The van der Waals surface area contributed by atoms with E-state index in [1.54, 1.807) is 45.0 Å². The Morgan fingerprint density at radius 3 is 1.73 bits per heavy atom. The molecular formula is C26H28O7. The first-order chi connectivity index (χ1) is 15.9. The molecule has 0 aliphatic rings. The molecule has 7 heteroatoms. The molecule has 0 saturated heterocycles. The molecule has 0 fully saturated rings. The highest BCUT2D eigenvalue weighted by atomic mass is 16.6. The minimum atomic E-state index is -2.50. The highest BCUT2D eigenvalue weighted by Crippen LogP contribution is 2.40. The fourth-order valence-electron chi connectivity index (χ4n) is 3.31. The summed E-state index contributed by atoms with van der Waals surface area (Å²) in [4.78, 5) is 39.2. The smallest absolute Gasteiger partial charge is 0.336 e. The highest BCUT2D eigenvalue weighted by molar-refractivity contribution is 6.19. The number of benzene rings is 2. The van der Waals surface area contributed by atoms with Gasteiger partial charge in [0.25, 0.3) is 5.41 Å². The summed E-state index contributed by atoms with van der Waals surface area (Å²) in [5, 5.41) is 0. The first kappa shape index (κ1) is 25.5. The fourth-order valence-corrected chi connectivity index (χ4v) is 3.31. The Morgan fingerprint density at radius 2 is 1.30 bits per heavy atom. The molecule has 0 aliphatic carbocycles. The minimum Gasteiger partial charge on any atom is -0.489 e. The molecule has 1 atom stereocenters. The summed E-state index contributed by atoms with van der Waals surface area (Å²) in [6.45, 7) is 4.83. The molecule has 0 heterocycles. The van der Waals surface area contributed by atoms with Gasteiger partial charge in [-0.05, 0) is 44.0 Å². The number of hydrogen-bond acceptors (Lipinski definition) is 7. The van der Waals surface area contributed by atoms with Crippen LogP contribution >= 0.6 is 0 Å². The van der Waals surface area contributed by atoms with Crippen LogP contribution in [0.1, 0.15) is 37.8 Å². The maximum absolute atomic E-state index is 13.1. The second kappa shape index (κ2) is 12.3. The van der Waals surface area contributed by atoms with E-state index in [1.165, 1.54) is 0 Å². The van der Waals surface area contributed by atoms with Crippen molar-refractivity contribution in [3.63, 3.8) is 0 Å². The Kier molecular flexibility index (Phi) is 9.49. The van der Waals surface area contributed by atoms with Gasteiger partial charge in [-0.25, -0.2) is 0 Å². The summed E-state index contributed by atoms with van der Waals surface area (Å²) >= 11 is 0. The number of ether oxygens (including phenoxy) is 4. The van der Waals surface area contributed by atoms with Crippen LogP contribution in [0.15, 0.2) is 54.6 Å². The lowest BCUT2D eigenvalue weighted by molar-refractivity contribution is -0.184. The Morgan fingerprint density at radius 1 is 0.818 bits per heavy atom. The SMILES string of the molecule is C#C[C@H](c1ccc(OCc2ccccc2)cc1)C(C(=O)OCC)(C(=O)OCC)C(=O)OCC. The standard InChI is InChI=1S/C26H28O7/c1-5-22(20-14-16-21(17-15-20)33-18-19-12-10-9-11-13-19)26(23(27)30-6-2,24(28)31-7-3)25(29)32-8-4/h1,9-17,22H,6-8,18H2,2-4H3/t22-/m1/s1. The first-order valence-electron chi connectivity index (χ1n) is 10.7. The number of esters is 3. The molecule has 0 saturated carbocycles. The van der Waals surface area contributed by atoms with Crippen LogP contribution in [-0.2, 0) is 35.2 Å². The molecule has 0 radical (unpaired) electrons. The zero-order valence-corrected chi connectivity index (χ0v) is 19.0.